The van der Waals surface area contributed by atoms with Gasteiger partial charge in [-0.05, 0) is 36.2 Å². The summed E-state index contributed by atoms with van der Waals surface area (Å²) in [5, 5.41) is 16.8. The molecule has 0 saturated carbocycles. The van der Waals surface area contributed by atoms with Gasteiger partial charge in [0.25, 0.3) is 5.91 Å². The van der Waals surface area contributed by atoms with Crippen molar-refractivity contribution in [1.29, 1.82) is 0 Å². The number of anilines is 1. The van der Waals surface area contributed by atoms with Crippen molar-refractivity contribution < 1.29 is 29.0 Å². The highest BCUT2D eigenvalue weighted by atomic mass is 16.7. The van der Waals surface area contributed by atoms with Gasteiger partial charge in [-0.1, -0.05) is 25.1 Å². The second kappa shape index (κ2) is 9.75. The molecule has 30 heavy (non-hydrogen) atoms. The number of rotatable bonds is 7. The number of nitrogens with one attached hydrogen (secondary N) is 3. The van der Waals surface area contributed by atoms with Crippen LogP contribution in [0, 0.1) is 0 Å². The Labute approximate surface area is 173 Å². The fourth-order valence-electron chi connectivity index (χ4n) is 2.83. The van der Waals surface area contributed by atoms with Crippen molar-refractivity contribution in [3.05, 3.63) is 53.6 Å². The molecule has 0 bridgehead atoms. The molecule has 1 aliphatic heterocycles. The van der Waals surface area contributed by atoms with Crippen molar-refractivity contribution in [1.82, 2.24) is 10.6 Å². The van der Waals surface area contributed by atoms with E-state index in [-0.39, 0.29) is 31.2 Å². The number of benzene rings is 2. The molecule has 9 nitrogen and oxygen atoms in total. The number of ether oxygens (including phenoxy) is 2. The fraction of sp³-hybridized carbons (Fsp3) is 0.286. The third-order valence-electron chi connectivity index (χ3n) is 4.56. The van der Waals surface area contributed by atoms with Gasteiger partial charge in [0.2, 0.25) is 6.79 Å². The topological polar surface area (TPSA) is 126 Å². The Hall–Kier alpha value is -3.59. The summed E-state index contributed by atoms with van der Waals surface area (Å²) in [4.78, 5) is 36.8. The van der Waals surface area contributed by atoms with Crippen LogP contribution in [0.1, 0.15) is 29.3 Å². The van der Waals surface area contributed by atoms with E-state index in [1.165, 1.54) is 6.07 Å². The van der Waals surface area contributed by atoms with Gasteiger partial charge in [-0.3, -0.25) is 14.4 Å². The third kappa shape index (κ3) is 5.06. The summed E-state index contributed by atoms with van der Waals surface area (Å²) >= 11 is 0. The van der Waals surface area contributed by atoms with Gasteiger partial charge < -0.3 is 30.5 Å². The van der Waals surface area contributed by atoms with E-state index in [9.17, 15) is 14.4 Å². The number of aliphatic hydroxyl groups excluding tert-OH is 1. The summed E-state index contributed by atoms with van der Waals surface area (Å²) in [5.74, 6) is -0.938. The lowest BCUT2D eigenvalue weighted by molar-refractivity contribution is -0.136. The van der Waals surface area contributed by atoms with Crippen LogP contribution in [0.3, 0.4) is 0 Å². The van der Waals surface area contributed by atoms with E-state index in [1.807, 2.05) is 6.07 Å². The Kier molecular flexibility index (Phi) is 6.87. The summed E-state index contributed by atoms with van der Waals surface area (Å²) in [6.07, 6.45) is 0.481. The van der Waals surface area contributed by atoms with Crippen molar-refractivity contribution in [3.63, 3.8) is 0 Å². The minimum absolute atomic E-state index is 0.170. The molecular weight excluding hydrogens is 390 g/mol. The fourth-order valence-corrected chi connectivity index (χ4v) is 2.83. The van der Waals surface area contributed by atoms with E-state index in [4.69, 9.17) is 14.6 Å². The SMILES string of the molecule is CC[C@H](CO)NC(=O)C(=O)Nc1ccccc1C(=O)NCc1ccc2c(c1)OCO2. The van der Waals surface area contributed by atoms with E-state index >= 15 is 0 Å². The third-order valence-corrected chi connectivity index (χ3v) is 4.56. The first-order chi connectivity index (χ1) is 14.5. The molecule has 0 fully saturated rings. The van der Waals surface area contributed by atoms with Gasteiger partial charge in [0, 0.05) is 6.54 Å². The summed E-state index contributed by atoms with van der Waals surface area (Å²) in [6, 6.07) is 11.2. The normalized spacial score (nSPS) is 12.7. The predicted molar refractivity (Wildman–Crippen MR) is 108 cm³/mol. The van der Waals surface area contributed by atoms with Crippen LogP contribution in [-0.4, -0.2) is 42.3 Å². The van der Waals surface area contributed by atoms with Crippen LogP contribution in [0.25, 0.3) is 0 Å². The van der Waals surface area contributed by atoms with Gasteiger partial charge in [0.1, 0.15) is 0 Å². The highest BCUT2D eigenvalue weighted by molar-refractivity contribution is 6.40. The monoisotopic (exact) mass is 413 g/mol. The number of para-hydroxylation sites is 1. The number of carbonyl (C=O) groups is 3. The van der Waals surface area contributed by atoms with E-state index in [2.05, 4.69) is 16.0 Å². The molecule has 1 atom stereocenters. The molecule has 2 aromatic rings. The van der Waals surface area contributed by atoms with Crippen LogP contribution in [0.15, 0.2) is 42.5 Å². The Bertz CT molecular complexity index is 942. The molecule has 0 aliphatic carbocycles. The zero-order valence-corrected chi connectivity index (χ0v) is 16.4. The van der Waals surface area contributed by atoms with E-state index < -0.39 is 23.8 Å². The Morgan fingerprint density at radius 3 is 2.60 bits per heavy atom. The molecule has 0 saturated heterocycles. The summed E-state index contributed by atoms with van der Waals surface area (Å²) in [7, 11) is 0. The molecule has 3 rings (SSSR count). The number of hydrogen-bond acceptors (Lipinski definition) is 6. The molecule has 0 aromatic heterocycles. The molecule has 1 heterocycles. The minimum atomic E-state index is -0.919. The summed E-state index contributed by atoms with van der Waals surface area (Å²) < 4.78 is 10.6. The van der Waals surface area contributed by atoms with Crippen LogP contribution in [-0.2, 0) is 16.1 Å². The molecular formula is C21H23N3O6. The van der Waals surface area contributed by atoms with E-state index in [0.29, 0.717) is 17.9 Å². The molecule has 3 amide bonds. The first-order valence-corrected chi connectivity index (χ1v) is 9.50. The molecule has 0 radical (unpaired) electrons. The van der Waals surface area contributed by atoms with Crippen LogP contribution < -0.4 is 25.4 Å². The predicted octanol–water partition coefficient (Wildman–Crippen LogP) is 1.17. The lowest BCUT2D eigenvalue weighted by Gasteiger charge is -2.15. The highest BCUT2D eigenvalue weighted by Gasteiger charge is 2.20. The minimum Gasteiger partial charge on any atom is -0.454 e. The van der Waals surface area contributed by atoms with Crippen LogP contribution in [0.5, 0.6) is 11.5 Å². The second-order valence-electron chi connectivity index (χ2n) is 6.63. The van der Waals surface area contributed by atoms with Crippen molar-refractivity contribution >= 4 is 23.4 Å². The van der Waals surface area contributed by atoms with Crippen LogP contribution in [0.4, 0.5) is 5.69 Å². The number of aliphatic hydroxyl groups is 1. The number of hydrogen-bond donors (Lipinski definition) is 4. The van der Waals surface area contributed by atoms with E-state index in [0.717, 1.165) is 5.56 Å². The average molecular weight is 413 g/mol. The van der Waals surface area contributed by atoms with E-state index in [1.54, 1.807) is 37.3 Å². The maximum Gasteiger partial charge on any atom is 0.313 e. The quantitative estimate of drug-likeness (QED) is 0.505. The molecule has 2 aromatic carbocycles. The average Bonchev–Trinajstić information content (AvgIpc) is 3.23. The molecule has 0 unspecified atom stereocenters. The number of fused-ring (bicyclic) bond motifs is 1. The Morgan fingerprint density at radius 1 is 1.07 bits per heavy atom. The number of amides is 3. The lowest BCUT2D eigenvalue weighted by Crippen LogP contribution is -2.43. The van der Waals surface area contributed by atoms with Crippen molar-refractivity contribution in [2.24, 2.45) is 0 Å². The van der Waals surface area contributed by atoms with Crippen molar-refractivity contribution in [3.8, 4) is 11.5 Å². The smallest absolute Gasteiger partial charge is 0.313 e. The number of carbonyl (C=O) groups excluding carboxylic acids is 3. The van der Waals surface area contributed by atoms with Gasteiger partial charge >= 0.3 is 11.8 Å². The standard InChI is InChI=1S/C21H23N3O6/c1-2-14(11-25)23-20(27)21(28)24-16-6-4-3-5-15(16)19(26)22-10-13-7-8-17-18(9-13)30-12-29-17/h3-9,14,25H,2,10-12H2,1H3,(H,22,26)(H,23,27)(H,24,28)/t14-/m1/s1. The Morgan fingerprint density at radius 2 is 1.83 bits per heavy atom. The van der Waals surface area contributed by atoms with Crippen molar-refractivity contribution in [2.45, 2.75) is 25.9 Å². The zero-order chi connectivity index (χ0) is 21.5. The first kappa shape index (κ1) is 21.1. The second-order valence-corrected chi connectivity index (χ2v) is 6.63. The summed E-state index contributed by atoms with van der Waals surface area (Å²) in [6.45, 7) is 1.92. The van der Waals surface area contributed by atoms with Crippen molar-refractivity contribution in [2.75, 3.05) is 18.7 Å². The lowest BCUT2D eigenvalue weighted by atomic mass is 10.1. The molecule has 1 aliphatic rings. The molecule has 0 spiro atoms. The maximum absolute atomic E-state index is 12.6. The largest absolute Gasteiger partial charge is 0.454 e. The van der Waals surface area contributed by atoms with Gasteiger partial charge in [-0.2, -0.15) is 0 Å². The van der Waals surface area contributed by atoms with Gasteiger partial charge in [0.05, 0.1) is 23.9 Å². The summed E-state index contributed by atoms with van der Waals surface area (Å²) in [5.41, 5.74) is 1.24. The van der Waals surface area contributed by atoms with Crippen LogP contribution in [0.2, 0.25) is 0 Å². The maximum atomic E-state index is 12.6. The first-order valence-electron chi connectivity index (χ1n) is 9.50. The molecule has 9 heteroatoms. The molecule has 4 N–H and O–H groups in total. The molecule has 158 valence electrons. The Balaban J connectivity index is 1.63. The van der Waals surface area contributed by atoms with Gasteiger partial charge in [0.15, 0.2) is 11.5 Å². The highest BCUT2D eigenvalue weighted by Crippen LogP contribution is 2.32. The zero-order valence-electron chi connectivity index (χ0n) is 16.4. The van der Waals surface area contributed by atoms with Gasteiger partial charge in [-0.15, -0.1) is 0 Å². The van der Waals surface area contributed by atoms with Crippen LogP contribution >= 0.6 is 0 Å². The van der Waals surface area contributed by atoms with Gasteiger partial charge in [-0.25, -0.2) is 0 Å².